The second-order valence-corrected chi connectivity index (χ2v) is 5.19. The van der Waals surface area contributed by atoms with Crippen molar-refractivity contribution in [2.24, 2.45) is 5.73 Å². The molecule has 0 saturated heterocycles. The maximum absolute atomic E-state index is 5.61. The van der Waals surface area contributed by atoms with E-state index in [1.54, 1.807) is 11.3 Å². The largest absolute Gasteiger partial charge is 0.345 e. The zero-order valence-electron chi connectivity index (χ0n) is 9.28. The zero-order valence-corrected chi connectivity index (χ0v) is 10.1. The van der Waals surface area contributed by atoms with Crippen LogP contribution in [0.2, 0.25) is 0 Å². The van der Waals surface area contributed by atoms with Crippen molar-refractivity contribution in [3.05, 3.63) is 11.1 Å². The van der Waals surface area contributed by atoms with Crippen molar-refractivity contribution in [1.29, 1.82) is 0 Å². The lowest BCUT2D eigenvalue weighted by atomic mass is 10.3. The quantitative estimate of drug-likeness (QED) is 0.808. The molecular weight excluding hydrogens is 206 g/mol. The summed E-state index contributed by atoms with van der Waals surface area (Å²) in [4.78, 5) is 8.12. The van der Waals surface area contributed by atoms with Crippen LogP contribution in [0.15, 0.2) is 6.20 Å². The Morgan fingerprint density at radius 1 is 1.60 bits per heavy atom. The van der Waals surface area contributed by atoms with Crippen molar-refractivity contribution < 1.29 is 0 Å². The number of aromatic nitrogens is 1. The Bertz CT molecular complexity index is 307. The first-order chi connectivity index (χ1) is 7.35. The molecule has 3 nitrogen and oxygen atoms in total. The molecule has 4 heteroatoms. The lowest BCUT2D eigenvalue weighted by molar-refractivity contribution is 0.711. The highest BCUT2D eigenvalue weighted by Gasteiger charge is 2.30. The summed E-state index contributed by atoms with van der Waals surface area (Å²) >= 11 is 1.75. The van der Waals surface area contributed by atoms with Gasteiger partial charge in [-0.05, 0) is 19.3 Å². The van der Waals surface area contributed by atoms with Gasteiger partial charge in [-0.3, -0.25) is 0 Å². The molecule has 1 saturated carbocycles. The van der Waals surface area contributed by atoms with E-state index in [0.717, 1.165) is 12.6 Å². The topological polar surface area (TPSA) is 42.2 Å². The van der Waals surface area contributed by atoms with Crippen LogP contribution in [0, 0.1) is 0 Å². The van der Waals surface area contributed by atoms with E-state index >= 15 is 0 Å². The van der Waals surface area contributed by atoms with Crippen molar-refractivity contribution in [3.8, 4) is 0 Å². The van der Waals surface area contributed by atoms with E-state index in [0.29, 0.717) is 6.54 Å². The minimum Gasteiger partial charge on any atom is -0.345 e. The second-order valence-electron chi connectivity index (χ2n) is 4.09. The monoisotopic (exact) mass is 225 g/mol. The predicted octanol–water partition coefficient (Wildman–Crippen LogP) is 2.37. The first-order valence-electron chi connectivity index (χ1n) is 5.76. The molecule has 0 radical (unpaired) electrons. The molecule has 0 spiro atoms. The Labute approximate surface area is 95.3 Å². The fourth-order valence-corrected chi connectivity index (χ4v) is 2.56. The normalized spacial score (nSPS) is 15.6. The molecule has 0 aromatic carbocycles. The van der Waals surface area contributed by atoms with Gasteiger partial charge < -0.3 is 10.6 Å². The van der Waals surface area contributed by atoms with Crippen molar-refractivity contribution in [2.75, 3.05) is 11.4 Å². The first-order valence-corrected chi connectivity index (χ1v) is 6.58. The average Bonchev–Trinajstić information content (AvgIpc) is 2.97. The molecule has 0 atom stereocenters. The third-order valence-electron chi connectivity index (χ3n) is 2.73. The third kappa shape index (κ3) is 2.69. The van der Waals surface area contributed by atoms with Gasteiger partial charge in [0.25, 0.3) is 0 Å². The standard InChI is InChI=1S/C11H19N3S/c1-2-3-6-14(9-4-5-9)11-13-8-10(7-12)15-11/h8-9H,2-7,12H2,1H3. The molecule has 0 amide bonds. The number of hydrogen-bond acceptors (Lipinski definition) is 4. The van der Waals surface area contributed by atoms with Crippen LogP contribution in [0.25, 0.3) is 0 Å². The van der Waals surface area contributed by atoms with Gasteiger partial charge in [-0.15, -0.1) is 11.3 Å². The number of anilines is 1. The minimum absolute atomic E-state index is 0.615. The molecule has 1 aromatic heterocycles. The van der Waals surface area contributed by atoms with Crippen LogP contribution < -0.4 is 10.6 Å². The first kappa shape index (κ1) is 10.9. The van der Waals surface area contributed by atoms with Gasteiger partial charge in [0.15, 0.2) is 5.13 Å². The van der Waals surface area contributed by atoms with Gasteiger partial charge in [0.1, 0.15) is 0 Å². The molecule has 1 aliphatic carbocycles. The van der Waals surface area contributed by atoms with Crippen LogP contribution in [0.4, 0.5) is 5.13 Å². The highest BCUT2D eigenvalue weighted by Crippen LogP contribution is 2.34. The van der Waals surface area contributed by atoms with E-state index in [-0.39, 0.29) is 0 Å². The van der Waals surface area contributed by atoms with E-state index in [1.165, 1.54) is 35.7 Å². The summed E-state index contributed by atoms with van der Waals surface area (Å²) in [6.07, 6.45) is 7.09. The Kier molecular flexibility index (Phi) is 3.59. The van der Waals surface area contributed by atoms with Gasteiger partial charge in [-0.2, -0.15) is 0 Å². The molecule has 15 heavy (non-hydrogen) atoms. The maximum Gasteiger partial charge on any atom is 0.185 e. The molecule has 84 valence electrons. The fraction of sp³-hybridized carbons (Fsp3) is 0.727. The fourth-order valence-electron chi connectivity index (χ4n) is 1.67. The molecule has 0 aliphatic heterocycles. The molecule has 1 aromatic rings. The van der Waals surface area contributed by atoms with Crippen molar-refractivity contribution in [3.63, 3.8) is 0 Å². The van der Waals surface area contributed by atoms with Crippen molar-refractivity contribution in [1.82, 2.24) is 4.98 Å². The van der Waals surface area contributed by atoms with Crippen LogP contribution >= 0.6 is 11.3 Å². The van der Waals surface area contributed by atoms with Crippen molar-refractivity contribution >= 4 is 16.5 Å². The summed E-state index contributed by atoms with van der Waals surface area (Å²) in [5.74, 6) is 0. The smallest absolute Gasteiger partial charge is 0.185 e. The third-order valence-corrected chi connectivity index (χ3v) is 3.79. The van der Waals surface area contributed by atoms with Gasteiger partial charge >= 0.3 is 0 Å². The average molecular weight is 225 g/mol. The van der Waals surface area contributed by atoms with Gasteiger partial charge in [0, 0.05) is 30.2 Å². The SMILES string of the molecule is CCCCN(c1ncc(CN)s1)C1CC1. The van der Waals surface area contributed by atoms with Crippen LogP contribution in [0.3, 0.4) is 0 Å². The van der Waals surface area contributed by atoms with Gasteiger partial charge in [0.2, 0.25) is 0 Å². The number of unbranched alkanes of at least 4 members (excludes halogenated alkanes) is 1. The highest BCUT2D eigenvalue weighted by atomic mass is 32.1. The lowest BCUT2D eigenvalue weighted by Crippen LogP contribution is -2.26. The van der Waals surface area contributed by atoms with E-state index in [9.17, 15) is 0 Å². The van der Waals surface area contributed by atoms with Crippen LogP contribution in [-0.4, -0.2) is 17.6 Å². The van der Waals surface area contributed by atoms with E-state index in [2.05, 4.69) is 16.8 Å². The summed E-state index contributed by atoms with van der Waals surface area (Å²) in [6, 6.07) is 0.758. The number of nitrogens with zero attached hydrogens (tertiary/aromatic N) is 2. The Morgan fingerprint density at radius 2 is 2.40 bits per heavy atom. The van der Waals surface area contributed by atoms with Crippen LogP contribution in [0.5, 0.6) is 0 Å². The summed E-state index contributed by atoms with van der Waals surface area (Å²) in [5.41, 5.74) is 5.61. The molecule has 0 unspecified atom stereocenters. The summed E-state index contributed by atoms with van der Waals surface area (Å²) in [6.45, 7) is 4.00. The molecular formula is C11H19N3S. The maximum atomic E-state index is 5.61. The zero-order chi connectivity index (χ0) is 10.7. The second kappa shape index (κ2) is 4.94. The summed E-state index contributed by atoms with van der Waals surface area (Å²) in [5, 5.41) is 1.17. The molecule has 1 aliphatic rings. The number of thiazole rings is 1. The Balaban J connectivity index is 2.02. The van der Waals surface area contributed by atoms with E-state index in [1.807, 2.05) is 6.20 Å². The van der Waals surface area contributed by atoms with E-state index in [4.69, 9.17) is 5.73 Å². The van der Waals surface area contributed by atoms with Crippen molar-refractivity contribution in [2.45, 2.75) is 45.2 Å². The number of hydrogen-bond donors (Lipinski definition) is 1. The highest BCUT2D eigenvalue weighted by molar-refractivity contribution is 7.15. The molecule has 1 fully saturated rings. The molecule has 1 heterocycles. The van der Waals surface area contributed by atoms with Gasteiger partial charge in [0.05, 0.1) is 0 Å². The van der Waals surface area contributed by atoms with Crippen LogP contribution in [0.1, 0.15) is 37.5 Å². The van der Waals surface area contributed by atoms with Gasteiger partial charge in [-0.1, -0.05) is 13.3 Å². The summed E-state index contributed by atoms with van der Waals surface area (Å²) in [7, 11) is 0. The van der Waals surface area contributed by atoms with E-state index < -0.39 is 0 Å². The molecule has 2 rings (SSSR count). The number of nitrogens with two attached hydrogens (primary N) is 1. The minimum atomic E-state index is 0.615. The summed E-state index contributed by atoms with van der Waals surface area (Å²) < 4.78 is 0. The van der Waals surface area contributed by atoms with Gasteiger partial charge in [-0.25, -0.2) is 4.98 Å². The Morgan fingerprint density at radius 3 is 2.93 bits per heavy atom. The predicted molar refractivity (Wildman–Crippen MR) is 65.3 cm³/mol. The molecule has 2 N–H and O–H groups in total. The lowest BCUT2D eigenvalue weighted by Gasteiger charge is -2.20. The van der Waals surface area contributed by atoms with Crippen LogP contribution in [-0.2, 0) is 6.54 Å². The number of rotatable bonds is 6. The Hall–Kier alpha value is -0.610. The molecule has 0 bridgehead atoms.